The molecule has 0 spiro atoms. The van der Waals surface area contributed by atoms with E-state index in [1.807, 2.05) is 38.1 Å². The molecule has 0 aliphatic rings. The summed E-state index contributed by atoms with van der Waals surface area (Å²) in [4.78, 5) is 12.6. The van der Waals surface area contributed by atoms with E-state index in [-0.39, 0.29) is 15.5 Å². The van der Waals surface area contributed by atoms with E-state index in [9.17, 15) is 13.2 Å². The third kappa shape index (κ3) is 5.39. The minimum absolute atomic E-state index is 0.00346. The van der Waals surface area contributed by atoms with Gasteiger partial charge in [0.25, 0.3) is 15.9 Å². The van der Waals surface area contributed by atoms with Crippen molar-refractivity contribution < 1.29 is 13.2 Å². The summed E-state index contributed by atoms with van der Waals surface area (Å²) in [6.07, 6.45) is 0. The number of hydrogen-bond donors (Lipinski definition) is 2. The molecule has 1 amide bonds. The smallest absolute Gasteiger partial charge is 0.263 e. The zero-order chi connectivity index (χ0) is 23.6. The van der Waals surface area contributed by atoms with Crippen LogP contribution >= 0.6 is 22.9 Å². The van der Waals surface area contributed by atoms with Crippen molar-refractivity contribution in [3.63, 3.8) is 0 Å². The molecule has 4 rings (SSSR count). The van der Waals surface area contributed by atoms with Gasteiger partial charge in [-0.25, -0.2) is 8.42 Å². The van der Waals surface area contributed by atoms with Crippen molar-refractivity contribution in [2.45, 2.75) is 18.7 Å². The van der Waals surface area contributed by atoms with Gasteiger partial charge < -0.3 is 0 Å². The number of rotatable bonds is 6. The van der Waals surface area contributed by atoms with Gasteiger partial charge in [0, 0.05) is 16.8 Å². The number of hydrogen-bond acceptors (Lipinski definition) is 6. The maximum atomic E-state index is 12.9. The summed E-state index contributed by atoms with van der Waals surface area (Å²) in [6, 6.07) is 18.7. The highest BCUT2D eigenvalue weighted by Gasteiger charge is 2.21. The topological polar surface area (TPSA) is 101 Å². The number of aryl methyl sites for hydroxylation is 2. The van der Waals surface area contributed by atoms with Crippen LogP contribution in [0.4, 0.5) is 10.8 Å². The molecule has 4 aromatic rings. The second kappa shape index (κ2) is 9.30. The van der Waals surface area contributed by atoms with Gasteiger partial charge in [0.15, 0.2) is 0 Å². The molecule has 0 fully saturated rings. The van der Waals surface area contributed by atoms with Gasteiger partial charge in [-0.15, -0.1) is 10.2 Å². The van der Waals surface area contributed by atoms with Gasteiger partial charge >= 0.3 is 0 Å². The summed E-state index contributed by atoms with van der Waals surface area (Å²) < 4.78 is 28.2. The van der Waals surface area contributed by atoms with Crippen LogP contribution in [0.15, 0.2) is 71.6 Å². The first kappa shape index (κ1) is 22.9. The number of nitrogens with one attached hydrogen (secondary N) is 2. The highest BCUT2D eigenvalue weighted by atomic mass is 35.5. The number of carbonyl (C=O) groups excluding carboxylic acids is 1. The summed E-state index contributed by atoms with van der Waals surface area (Å²) in [5.74, 6) is -0.523. The number of anilines is 2. The lowest BCUT2D eigenvalue weighted by Gasteiger charge is -2.11. The molecule has 0 aliphatic heterocycles. The first-order valence-corrected chi connectivity index (χ1v) is 12.5. The van der Waals surface area contributed by atoms with Crippen molar-refractivity contribution in [2.75, 3.05) is 10.0 Å². The Bertz CT molecular complexity index is 1420. The van der Waals surface area contributed by atoms with Gasteiger partial charge in [-0.3, -0.25) is 14.8 Å². The first-order chi connectivity index (χ1) is 15.7. The van der Waals surface area contributed by atoms with E-state index in [1.165, 1.54) is 29.5 Å². The lowest BCUT2D eigenvalue weighted by Crippen LogP contribution is -2.16. The molecule has 0 saturated carbocycles. The summed E-state index contributed by atoms with van der Waals surface area (Å²) in [5.41, 5.74) is 3.53. The highest BCUT2D eigenvalue weighted by molar-refractivity contribution is 7.92. The number of nitrogens with zero attached hydrogens (tertiary/aromatic N) is 2. The largest absolute Gasteiger partial charge is 0.296 e. The van der Waals surface area contributed by atoms with Crippen LogP contribution in [0.5, 0.6) is 0 Å². The average molecular weight is 499 g/mol. The maximum absolute atomic E-state index is 12.9. The quantitative estimate of drug-likeness (QED) is 0.364. The van der Waals surface area contributed by atoms with Crippen LogP contribution in [0.1, 0.15) is 21.5 Å². The minimum atomic E-state index is -4.01. The molecule has 1 heterocycles. The van der Waals surface area contributed by atoms with E-state index in [0.29, 0.717) is 15.8 Å². The second-order valence-corrected chi connectivity index (χ2v) is 10.4. The fraction of sp³-hybridized carbons (Fsp3) is 0.0870. The monoisotopic (exact) mass is 498 g/mol. The van der Waals surface area contributed by atoms with Crippen LogP contribution in [0.2, 0.25) is 5.02 Å². The van der Waals surface area contributed by atoms with E-state index in [1.54, 1.807) is 24.3 Å². The summed E-state index contributed by atoms with van der Waals surface area (Å²) in [5, 5.41) is 11.7. The van der Waals surface area contributed by atoms with Gasteiger partial charge in [-0.2, -0.15) is 0 Å². The fourth-order valence-electron chi connectivity index (χ4n) is 2.94. The Morgan fingerprint density at radius 3 is 2.21 bits per heavy atom. The Labute approximate surface area is 200 Å². The van der Waals surface area contributed by atoms with Crippen molar-refractivity contribution in [1.29, 1.82) is 0 Å². The highest BCUT2D eigenvalue weighted by Crippen LogP contribution is 2.28. The zero-order valence-electron chi connectivity index (χ0n) is 17.7. The lowest BCUT2D eigenvalue weighted by molar-refractivity contribution is 0.102. The minimum Gasteiger partial charge on any atom is -0.296 e. The number of amides is 1. The van der Waals surface area contributed by atoms with E-state index >= 15 is 0 Å². The van der Waals surface area contributed by atoms with E-state index < -0.39 is 15.9 Å². The Morgan fingerprint density at radius 1 is 0.909 bits per heavy atom. The second-order valence-electron chi connectivity index (χ2n) is 7.35. The zero-order valence-corrected chi connectivity index (χ0v) is 20.1. The van der Waals surface area contributed by atoms with Crippen LogP contribution < -0.4 is 10.0 Å². The molecule has 7 nitrogen and oxygen atoms in total. The molecule has 2 N–H and O–H groups in total. The molecule has 0 unspecified atom stereocenters. The van der Waals surface area contributed by atoms with Gasteiger partial charge in [0.1, 0.15) is 9.90 Å². The summed E-state index contributed by atoms with van der Waals surface area (Å²) in [6.45, 7) is 3.89. The molecule has 0 radical (unpaired) electrons. The number of carbonyl (C=O) groups is 1. The van der Waals surface area contributed by atoms with Crippen LogP contribution in [0.25, 0.3) is 10.6 Å². The Morgan fingerprint density at radius 2 is 1.55 bits per heavy atom. The number of sulfonamides is 1. The van der Waals surface area contributed by atoms with Crippen molar-refractivity contribution in [3.8, 4) is 10.6 Å². The molecular weight excluding hydrogens is 480 g/mol. The Hall–Kier alpha value is -3.27. The summed E-state index contributed by atoms with van der Waals surface area (Å²) in [7, 11) is -4.01. The average Bonchev–Trinajstić information content (AvgIpc) is 3.24. The number of benzene rings is 3. The third-order valence-corrected chi connectivity index (χ3v) is 7.48. The van der Waals surface area contributed by atoms with E-state index in [4.69, 9.17) is 11.6 Å². The Kier molecular flexibility index (Phi) is 6.46. The van der Waals surface area contributed by atoms with Crippen molar-refractivity contribution in [1.82, 2.24) is 10.2 Å². The van der Waals surface area contributed by atoms with Crippen LogP contribution in [-0.2, 0) is 10.0 Å². The molecule has 168 valence electrons. The van der Waals surface area contributed by atoms with Crippen LogP contribution in [0.3, 0.4) is 0 Å². The van der Waals surface area contributed by atoms with Crippen molar-refractivity contribution in [2.24, 2.45) is 0 Å². The van der Waals surface area contributed by atoms with Gasteiger partial charge in [0.2, 0.25) is 5.13 Å². The predicted octanol–water partition coefficient (Wildman–Crippen LogP) is 5.53. The van der Waals surface area contributed by atoms with E-state index in [2.05, 4.69) is 20.2 Å². The SMILES string of the molecule is Cc1ccc(NS(=O)(=O)c2cc(C(=O)Nc3nnc(-c4ccc(C)cc4)s3)ccc2Cl)cc1. The molecule has 0 atom stereocenters. The molecule has 0 bridgehead atoms. The molecule has 3 aromatic carbocycles. The molecule has 1 aromatic heterocycles. The molecule has 10 heteroatoms. The molecule has 0 saturated heterocycles. The fourth-order valence-corrected chi connectivity index (χ4v) is 5.27. The van der Waals surface area contributed by atoms with Gasteiger partial charge in [-0.1, -0.05) is 70.5 Å². The van der Waals surface area contributed by atoms with Crippen LogP contribution in [-0.4, -0.2) is 24.5 Å². The Balaban J connectivity index is 1.54. The predicted molar refractivity (Wildman–Crippen MR) is 131 cm³/mol. The van der Waals surface area contributed by atoms with Crippen molar-refractivity contribution in [3.05, 3.63) is 88.4 Å². The number of aromatic nitrogens is 2. The van der Waals surface area contributed by atoms with Gasteiger partial charge in [-0.05, 0) is 44.2 Å². The molecule has 33 heavy (non-hydrogen) atoms. The number of halogens is 1. The van der Waals surface area contributed by atoms with E-state index in [0.717, 1.165) is 16.7 Å². The lowest BCUT2D eigenvalue weighted by atomic mass is 10.2. The summed E-state index contributed by atoms with van der Waals surface area (Å²) >= 11 is 7.37. The standard InChI is InChI=1S/C23H19ClN4O3S2/c1-14-3-7-16(8-4-14)22-26-27-23(32-22)25-21(29)17-9-12-19(24)20(13-17)33(30,31)28-18-10-5-15(2)6-11-18/h3-13,28H,1-2H3,(H,25,27,29). The third-order valence-electron chi connectivity index (χ3n) is 4.73. The van der Waals surface area contributed by atoms with Crippen LogP contribution in [0, 0.1) is 13.8 Å². The normalized spacial score (nSPS) is 11.2. The molecular formula is C23H19ClN4O3S2. The molecule has 0 aliphatic carbocycles. The van der Waals surface area contributed by atoms with Crippen molar-refractivity contribution >= 4 is 49.7 Å². The van der Waals surface area contributed by atoms with Gasteiger partial charge in [0.05, 0.1) is 5.02 Å². The first-order valence-electron chi connectivity index (χ1n) is 9.82. The maximum Gasteiger partial charge on any atom is 0.263 e.